The van der Waals surface area contributed by atoms with Crippen molar-refractivity contribution in [2.24, 2.45) is 0 Å². The van der Waals surface area contributed by atoms with E-state index in [1.54, 1.807) is 12.1 Å². The molecule has 0 aliphatic carbocycles. The van der Waals surface area contributed by atoms with E-state index in [9.17, 15) is 13.2 Å². The predicted octanol–water partition coefficient (Wildman–Crippen LogP) is 5.03. The molecule has 4 heteroatoms. The first-order valence-electron chi connectivity index (χ1n) is 6.89. The zero-order chi connectivity index (χ0) is 15.2. The Morgan fingerprint density at radius 1 is 1.05 bits per heavy atom. The summed E-state index contributed by atoms with van der Waals surface area (Å²) in [4.78, 5) is 0. The summed E-state index contributed by atoms with van der Waals surface area (Å²) in [7, 11) is 0. The average molecular weight is 291 g/mol. The normalized spacial score (nSPS) is 17.5. The summed E-state index contributed by atoms with van der Waals surface area (Å²) in [6.07, 6.45) is -3.73. The van der Waals surface area contributed by atoms with E-state index < -0.39 is 11.7 Å². The maximum Gasteiger partial charge on any atom is 0.416 e. The van der Waals surface area contributed by atoms with Gasteiger partial charge in [0, 0.05) is 5.69 Å². The summed E-state index contributed by atoms with van der Waals surface area (Å²) in [5.74, 6) is 0. The maximum atomic E-state index is 13.1. The second kappa shape index (κ2) is 4.79. The lowest BCUT2D eigenvalue weighted by atomic mass is 9.97. The van der Waals surface area contributed by atoms with Crippen LogP contribution in [0.4, 0.5) is 18.9 Å². The van der Waals surface area contributed by atoms with Gasteiger partial charge in [-0.15, -0.1) is 0 Å². The molecule has 1 heterocycles. The first-order valence-corrected chi connectivity index (χ1v) is 6.89. The fourth-order valence-corrected chi connectivity index (χ4v) is 2.93. The molecule has 1 nitrogen and oxygen atoms in total. The van der Waals surface area contributed by atoms with Crippen molar-refractivity contribution >= 4 is 5.69 Å². The van der Waals surface area contributed by atoms with Gasteiger partial charge in [0.2, 0.25) is 0 Å². The van der Waals surface area contributed by atoms with Gasteiger partial charge in [-0.2, -0.15) is 13.2 Å². The quantitative estimate of drug-likeness (QED) is 0.777. The van der Waals surface area contributed by atoms with Crippen LogP contribution in [0.5, 0.6) is 0 Å². The Morgan fingerprint density at radius 3 is 2.48 bits per heavy atom. The van der Waals surface area contributed by atoms with Crippen LogP contribution >= 0.6 is 0 Å². The number of hydrogen-bond donors (Lipinski definition) is 1. The molecule has 21 heavy (non-hydrogen) atoms. The van der Waals surface area contributed by atoms with Gasteiger partial charge in [-0.1, -0.05) is 30.3 Å². The standard InChI is InChI=1S/C17H16F3N/c1-10-7-8-12-9-15(21-16(12)11(10)2)13-5-3-4-6-14(13)17(18,19)20/h3-8,15,21H,9H2,1-2H3. The van der Waals surface area contributed by atoms with Crippen molar-refractivity contribution in [1.29, 1.82) is 0 Å². The number of anilines is 1. The van der Waals surface area contributed by atoms with E-state index in [1.807, 2.05) is 26.0 Å². The van der Waals surface area contributed by atoms with Crippen molar-refractivity contribution < 1.29 is 13.2 Å². The molecule has 1 unspecified atom stereocenters. The monoisotopic (exact) mass is 291 g/mol. The van der Waals surface area contributed by atoms with Crippen LogP contribution in [0.25, 0.3) is 0 Å². The van der Waals surface area contributed by atoms with E-state index in [0.29, 0.717) is 12.0 Å². The molecule has 0 spiro atoms. The maximum absolute atomic E-state index is 13.1. The molecule has 0 fully saturated rings. The van der Waals surface area contributed by atoms with Gasteiger partial charge < -0.3 is 5.32 Å². The minimum Gasteiger partial charge on any atom is -0.377 e. The van der Waals surface area contributed by atoms with Crippen molar-refractivity contribution in [2.45, 2.75) is 32.5 Å². The minimum absolute atomic E-state index is 0.318. The lowest BCUT2D eigenvalue weighted by Crippen LogP contribution is -2.15. The van der Waals surface area contributed by atoms with Crippen LogP contribution in [0.3, 0.4) is 0 Å². The van der Waals surface area contributed by atoms with Crippen molar-refractivity contribution in [1.82, 2.24) is 0 Å². The fraction of sp³-hybridized carbons (Fsp3) is 0.294. The van der Waals surface area contributed by atoms with Crippen LogP contribution in [-0.4, -0.2) is 0 Å². The van der Waals surface area contributed by atoms with Gasteiger partial charge in [-0.05, 0) is 48.6 Å². The number of aryl methyl sites for hydroxylation is 1. The lowest BCUT2D eigenvalue weighted by Gasteiger charge is -2.18. The van der Waals surface area contributed by atoms with Crippen molar-refractivity contribution in [3.63, 3.8) is 0 Å². The topological polar surface area (TPSA) is 12.0 Å². The van der Waals surface area contributed by atoms with Gasteiger partial charge in [0.05, 0.1) is 11.6 Å². The number of hydrogen-bond acceptors (Lipinski definition) is 1. The van der Waals surface area contributed by atoms with Crippen LogP contribution in [0, 0.1) is 13.8 Å². The van der Waals surface area contributed by atoms with Gasteiger partial charge in [0.15, 0.2) is 0 Å². The molecule has 3 rings (SSSR count). The number of nitrogens with one attached hydrogen (secondary N) is 1. The number of alkyl halides is 3. The first kappa shape index (κ1) is 14.0. The second-order valence-electron chi connectivity index (χ2n) is 5.53. The third kappa shape index (κ3) is 2.39. The molecule has 0 saturated heterocycles. The molecule has 1 N–H and O–H groups in total. The molecule has 0 saturated carbocycles. The van der Waals surface area contributed by atoms with Crippen LogP contribution in [-0.2, 0) is 12.6 Å². The molecular weight excluding hydrogens is 275 g/mol. The van der Waals surface area contributed by atoms with E-state index in [0.717, 1.165) is 28.4 Å². The van der Waals surface area contributed by atoms with Gasteiger partial charge in [0.1, 0.15) is 0 Å². The van der Waals surface area contributed by atoms with E-state index >= 15 is 0 Å². The highest BCUT2D eigenvalue weighted by molar-refractivity contribution is 5.65. The van der Waals surface area contributed by atoms with Gasteiger partial charge >= 0.3 is 6.18 Å². The fourth-order valence-electron chi connectivity index (χ4n) is 2.93. The highest BCUT2D eigenvalue weighted by Gasteiger charge is 2.36. The Balaban J connectivity index is 2.01. The van der Waals surface area contributed by atoms with E-state index in [4.69, 9.17) is 0 Å². The molecular formula is C17H16F3N. The zero-order valence-electron chi connectivity index (χ0n) is 11.9. The summed E-state index contributed by atoms with van der Waals surface area (Å²) >= 11 is 0. The summed E-state index contributed by atoms with van der Waals surface area (Å²) in [5.41, 5.74) is 4.09. The molecule has 2 aromatic rings. The molecule has 1 aliphatic rings. The largest absolute Gasteiger partial charge is 0.416 e. The van der Waals surface area contributed by atoms with Crippen molar-refractivity contribution in [2.75, 3.05) is 5.32 Å². The number of rotatable bonds is 1. The Morgan fingerprint density at radius 2 is 1.76 bits per heavy atom. The highest BCUT2D eigenvalue weighted by atomic mass is 19.4. The Bertz CT molecular complexity index is 689. The number of halogens is 3. The van der Waals surface area contributed by atoms with Crippen LogP contribution in [0.2, 0.25) is 0 Å². The van der Waals surface area contributed by atoms with Gasteiger partial charge in [-0.25, -0.2) is 0 Å². The van der Waals surface area contributed by atoms with E-state index in [1.165, 1.54) is 6.07 Å². The van der Waals surface area contributed by atoms with E-state index in [2.05, 4.69) is 5.32 Å². The third-order valence-electron chi connectivity index (χ3n) is 4.21. The molecule has 0 radical (unpaired) electrons. The van der Waals surface area contributed by atoms with E-state index in [-0.39, 0.29) is 6.04 Å². The molecule has 1 atom stereocenters. The van der Waals surface area contributed by atoms with Crippen LogP contribution in [0.1, 0.15) is 33.9 Å². The molecule has 0 amide bonds. The smallest absolute Gasteiger partial charge is 0.377 e. The highest BCUT2D eigenvalue weighted by Crippen LogP contribution is 2.41. The summed E-state index contributed by atoms with van der Waals surface area (Å²) < 4.78 is 39.4. The number of benzene rings is 2. The first-order chi connectivity index (χ1) is 9.88. The van der Waals surface area contributed by atoms with Gasteiger partial charge in [-0.3, -0.25) is 0 Å². The van der Waals surface area contributed by atoms with Crippen molar-refractivity contribution in [3.8, 4) is 0 Å². The molecule has 0 bridgehead atoms. The molecule has 2 aromatic carbocycles. The van der Waals surface area contributed by atoms with Crippen molar-refractivity contribution in [3.05, 3.63) is 64.2 Å². The second-order valence-corrected chi connectivity index (χ2v) is 5.53. The summed E-state index contributed by atoms with van der Waals surface area (Å²) in [6, 6.07) is 9.51. The number of fused-ring (bicyclic) bond motifs is 1. The lowest BCUT2D eigenvalue weighted by molar-refractivity contribution is -0.138. The molecule has 110 valence electrons. The summed E-state index contributed by atoms with van der Waals surface area (Å²) in [5, 5.41) is 3.27. The van der Waals surface area contributed by atoms with Crippen LogP contribution in [0.15, 0.2) is 36.4 Å². The molecule has 1 aliphatic heterocycles. The average Bonchev–Trinajstić information content (AvgIpc) is 2.87. The van der Waals surface area contributed by atoms with Crippen LogP contribution < -0.4 is 5.32 Å². The summed E-state index contributed by atoms with van der Waals surface area (Å²) in [6.45, 7) is 4.01. The Kier molecular flexibility index (Phi) is 3.19. The minimum atomic E-state index is -4.32. The SMILES string of the molecule is Cc1ccc2c(c1C)NC(c1ccccc1C(F)(F)F)C2. The molecule has 0 aromatic heterocycles. The predicted molar refractivity (Wildman–Crippen MR) is 77.4 cm³/mol. The third-order valence-corrected chi connectivity index (χ3v) is 4.21. The Labute approximate surface area is 121 Å². The zero-order valence-corrected chi connectivity index (χ0v) is 11.9. The van der Waals surface area contributed by atoms with Gasteiger partial charge in [0.25, 0.3) is 0 Å². The Hall–Kier alpha value is -1.97.